The number of rotatable bonds is 9. The fraction of sp³-hybridized carbons (Fsp3) is 0.389. The van der Waals surface area contributed by atoms with Gasteiger partial charge in [-0.1, -0.05) is 6.92 Å². The zero-order valence-electron chi connectivity index (χ0n) is 16.2. The number of anilines is 1. The van der Waals surface area contributed by atoms with Gasteiger partial charge in [-0.15, -0.1) is 13.2 Å². The van der Waals surface area contributed by atoms with Crippen LogP contribution in [0, 0.1) is 17.0 Å². The Labute approximate surface area is 178 Å². The number of methoxy groups -OCH3 is 1. The molecule has 0 bridgehead atoms. The summed E-state index contributed by atoms with van der Waals surface area (Å²) in [5.41, 5.74) is 0.232. The van der Waals surface area contributed by atoms with Crippen LogP contribution in [0.5, 0.6) is 17.4 Å². The lowest BCUT2D eigenvalue weighted by Crippen LogP contribution is -2.24. The first kappa shape index (κ1) is 23.7. The largest absolute Gasteiger partial charge is 0.573 e. The van der Waals surface area contributed by atoms with E-state index >= 15 is 0 Å². The van der Waals surface area contributed by atoms with Crippen molar-refractivity contribution in [2.24, 2.45) is 0 Å². The van der Waals surface area contributed by atoms with E-state index in [1.807, 2.05) is 6.92 Å². The summed E-state index contributed by atoms with van der Waals surface area (Å²) in [5.74, 6) is -0.748. The van der Waals surface area contributed by atoms with E-state index in [4.69, 9.17) is 9.47 Å². The summed E-state index contributed by atoms with van der Waals surface area (Å²) in [4.78, 5) is 15.2. The van der Waals surface area contributed by atoms with Crippen molar-refractivity contribution >= 4 is 27.3 Å². The van der Waals surface area contributed by atoms with Gasteiger partial charge in [0.05, 0.1) is 16.0 Å². The van der Waals surface area contributed by atoms with Crippen LogP contribution in [0.1, 0.15) is 19.0 Å². The molecule has 0 aliphatic carbocycles. The van der Waals surface area contributed by atoms with E-state index in [-0.39, 0.29) is 27.8 Å². The minimum atomic E-state index is -4.85. The number of benzene rings is 1. The number of ether oxygens (including phenoxy) is 3. The van der Waals surface area contributed by atoms with Crippen LogP contribution in [-0.4, -0.2) is 36.0 Å². The maximum atomic E-state index is 12.4. The molecular formula is C18H19BrF3N3O5. The average molecular weight is 494 g/mol. The minimum Gasteiger partial charge on any atom is -0.432 e. The fourth-order valence-electron chi connectivity index (χ4n) is 2.54. The molecule has 0 amide bonds. The molecule has 1 aromatic carbocycles. The molecule has 8 nitrogen and oxygen atoms in total. The van der Waals surface area contributed by atoms with E-state index in [2.05, 4.69) is 31.0 Å². The van der Waals surface area contributed by atoms with E-state index in [1.165, 1.54) is 19.2 Å². The first-order valence-corrected chi connectivity index (χ1v) is 9.48. The first-order valence-electron chi connectivity index (χ1n) is 8.68. The number of halogens is 4. The number of nitro groups is 1. The Morgan fingerprint density at radius 2 is 2.03 bits per heavy atom. The van der Waals surface area contributed by atoms with Crippen LogP contribution in [0.3, 0.4) is 0 Å². The molecule has 0 spiro atoms. The van der Waals surface area contributed by atoms with Crippen molar-refractivity contribution in [2.75, 3.05) is 19.0 Å². The first-order chi connectivity index (χ1) is 14.0. The molecule has 1 heterocycles. The normalized spacial score (nSPS) is 12.4. The molecule has 0 aliphatic rings. The number of aryl methyl sites for hydroxylation is 1. The molecule has 2 rings (SSSR count). The molecule has 0 radical (unpaired) electrons. The van der Waals surface area contributed by atoms with Gasteiger partial charge >= 0.3 is 17.9 Å². The zero-order valence-corrected chi connectivity index (χ0v) is 17.8. The van der Waals surface area contributed by atoms with E-state index in [0.29, 0.717) is 18.7 Å². The van der Waals surface area contributed by atoms with Crippen LogP contribution in [0.4, 0.5) is 24.5 Å². The molecule has 1 aromatic heterocycles. The third kappa shape index (κ3) is 6.46. The summed E-state index contributed by atoms with van der Waals surface area (Å²) in [7, 11) is 1.52. The van der Waals surface area contributed by atoms with Crippen molar-refractivity contribution in [3.63, 3.8) is 0 Å². The molecule has 2 aromatic rings. The van der Waals surface area contributed by atoms with Gasteiger partial charge in [-0.05, 0) is 53.5 Å². The van der Waals surface area contributed by atoms with Crippen molar-refractivity contribution < 1.29 is 32.3 Å². The Balaban J connectivity index is 2.40. The average Bonchev–Trinajstić information content (AvgIpc) is 2.61. The van der Waals surface area contributed by atoms with E-state index in [1.54, 1.807) is 6.92 Å². The predicted molar refractivity (Wildman–Crippen MR) is 106 cm³/mol. The van der Waals surface area contributed by atoms with Crippen LogP contribution in [0.15, 0.2) is 28.7 Å². The molecule has 0 aliphatic heterocycles. The van der Waals surface area contributed by atoms with Gasteiger partial charge in [-0.2, -0.15) is 0 Å². The lowest BCUT2D eigenvalue weighted by molar-refractivity contribution is -0.385. The highest BCUT2D eigenvalue weighted by molar-refractivity contribution is 9.10. The van der Waals surface area contributed by atoms with E-state index in [9.17, 15) is 23.3 Å². The highest BCUT2D eigenvalue weighted by Gasteiger charge is 2.31. The van der Waals surface area contributed by atoms with Gasteiger partial charge < -0.3 is 19.5 Å². The Kier molecular flexibility index (Phi) is 7.84. The molecule has 1 N–H and O–H groups in total. The second-order valence-corrected chi connectivity index (χ2v) is 7.02. The Bertz CT molecular complexity index is 911. The van der Waals surface area contributed by atoms with E-state index in [0.717, 1.165) is 12.1 Å². The second kappa shape index (κ2) is 9.94. The van der Waals surface area contributed by atoms with Crippen LogP contribution in [0.2, 0.25) is 0 Å². The maximum Gasteiger partial charge on any atom is 0.573 e. The van der Waals surface area contributed by atoms with Crippen LogP contribution in [0.25, 0.3) is 0 Å². The molecule has 12 heteroatoms. The van der Waals surface area contributed by atoms with Gasteiger partial charge in [-0.3, -0.25) is 10.1 Å². The minimum absolute atomic E-state index is 0.0283. The van der Waals surface area contributed by atoms with Crippen molar-refractivity contribution in [3.8, 4) is 17.4 Å². The zero-order chi connectivity index (χ0) is 22.5. The molecule has 0 saturated carbocycles. The highest BCUT2D eigenvalue weighted by Crippen LogP contribution is 2.40. The fourth-order valence-corrected chi connectivity index (χ4v) is 2.98. The van der Waals surface area contributed by atoms with Gasteiger partial charge in [-0.25, -0.2) is 4.98 Å². The number of nitrogens with zero attached hydrogens (tertiary/aromatic N) is 2. The number of hydrogen-bond acceptors (Lipinski definition) is 7. The van der Waals surface area contributed by atoms with Crippen LogP contribution >= 0.6 is 15.9 Å². The summed E-state index contributed by atoms with van der Waals surface area (Å²) in [6.45, 7) is 3.86. The third-order valence-electron chi connectivity index (χ3n) is 3.84. The molecule has 0 saturated heterocycles. The molecule has 0 fully saturated rings. The van der Waals surface area contributed by atoms with Crippen molar-refractivity contribution in [2.45, 2.75) is 32.7 Å². The van der Waals surface area contributed by atoms with Crippen molar-refractivity contribution in [3.05, 3.63) is 44.5 Å². The standard InChI is InChI=1S/C18H19BrF3N3O5/c1-4-11(9-28-3)24-14-7-10(2)23-17(16(14)25(26)27)29-15-6-5-12(8-13(15)19)30-18(20,21)22/h5-8,11H,4,9H2,1-3H3,(H,23,24). The molecule has 30 heavy (non-hydrogen) atoms. The van der Waals surface area contributed by atoms with Gasteiger partial charge in [0, 0.05) is 18.8 Å². The number of hydrogen-bond donors (Lipinski definition) is 1. The van der Waals surface area contributed by atoms with E-state index < -0.39 is 22.7 Å². The molecule has 1 atom stereocenters. The molecular weight excluding hydrogens is 475 g/mol. The lowest BCUT2D eigenvalue weighted by atomic mass is 10.2. The lowest BCUT2D eigenvalue weighted by Gasteiger charge is -2.18. The van der Waals surface area contributed by atoms with Crippen LogP contribution in [-0.2, 0) is 4.74 Å². The Hall–Kier alpha value is -2.60. The van der Waals surface area contributed by atoms with Crippen molar-refractivity contribution in [1.82, 2.24) is 4.98 Å². The monoisotopic (exact) mass is 493 g/mol. The summed E-state index contributed by atoms with van der Waals surface area (Å²) in [5, 5.41) is 14.8. The Morgan fingerprint density at radius 3 is 2.57 bits per heavy atom. The summed E-state index contributed by atoms with van der Waals surface area (Å²) in [6, 6.07) is 4.58. The number of pyridine rings is 1. The topological polar surface area (TPSA) is 95.8 Å². The van der Waals surface area contributed by atoms with Gasteiger partial charge in [0.25, 0.3) is 0 Å². The third-order valence-corrected chi connectivity index (χ3v) is 4.45. The van der Waals surface area contributed by atoms with Crippen molar-refractivity contribution in [1.29, 1.82) is 0 Å². The van der Waals surface area contributed by atoms with Crippen LogP contribution < -0.4 is 14.8 Å². The quantitative estimate of drug-likeness (QED) is 0.359. The SMILES string of the molecule is CCC(COC)Nc1cc(C)nc(Oc2ccc(OC(F)(F)F)cc2Br)c1[N+](=O)[O-]. The number of nitrogens with one attached hydrogen (secondary N) is 1. The maximum absolute atomic E-state index is 12.4. The summed E-state index contributed by atoms with van der Waals surface area (Å²) < 4.78 is 51.7. The summed E-state index contributed by atoms with van der Waals surface area (Å²) in [6.07, 6.45) is -4.20. The number of alkyl halides is 3. The van der Waals surface area contributed by atoms with Gasteiger partial charge in [0.15, 0.2) is 0 Å². The molecule has 164 valence electrons. The highest BCUT2D eigenvalue weighted by atomic mass is 79.9. The smallest absolute Gasteiger partial charge is 0.432 e. The molecule has 1 unspecified atom stereocenters. The predicted octanol–water partition coefficient (Wildman–Crippen LogP) is 5.59. The van der Waals surface area contributed by atoms with Gasteiger partial charge in [0.1, 0.15) is 17.2 Å². The second-order valence-electron chi connectivity index (χ2n) is 6.17. The Morgan fingerprint density at radius 1 is 1.33 bits per heavy atom. The number of aromatic nitrogens is 1. The van der Waals surface area contributed by atoms with Gasteiger partial charge in [0.2, 0.25) is 0 Å². The summed E-state index contributed by atoms with van der Waals surface area (Å²) >= 11 is 3.08.